The van der Waals surface area contributed by atoms with E-state index in [1.54, 1.807) is 6.92 Å². The molecule has 2 nitrogen and oxygen atoms in total. The molecule has 1 aromatic carbocycles. The molecule has 0 spiro atoms. The zero-order chi connectivity index (χ0) is 14.5. The molecule has 0 aliphatic carbocycles. The zero-order valence-electron chi connectivity index (χ0n) is 12.2. The van der Waals surface area contributed by atoms with Crippen LogP contribution in [-0.2, 0) is 11.2 Å². The maximum atomic E-state index is 11.0. The summed E-state index contributed by atoms with van der Waals surface area (Å²) in [7, 11) is 0. The monoisotopic (exact) mass is 326 g/mol. The van der Waals surface area contributed by atoms with Gasteiger partial charge in [0.15, 0.2) is 0 Å². The van der Waals surface area contributed by atoms with Gasteiger partial charge in [0.2, 0.25) is 0 Å². The molecule has 0 heterocycles. The second-order valence-corrected chi connectivity index (χ2v) is 6.70. The van der Waals surface area contributed by atoms with Crippen LogP contribution in [0.2, 0.25) is 0 Å². The van der Waals surface area contributed by atoms with Crippen molar-refractivity contribution < 1.29 is 9.53 Å². The van der Waals surface area contributed by atoms with Crippen molar-refractivity contribution in [2.24, 2.45) is 11.3 Å². The Bertz CT molecular complexity index is 404. The lowest BCUT2D eigenvalue weighted by Crippen LogP contribution is -2.27. The molecule has 0 aliphatic rings. The van der Waals surface area contributed by atoms with Crippen molar-refractivity contribution in [2.75, 3.05) is 11.9 Å². The van der Waals surface area contributed by atoms with E-state index in [9.17, 15) is 4.79 Å². The van der Waals surface area contributed by atoms with Crippen LogP contribution in [0.25, 0.3) is 0 Å². The van der Waals surface area contributed by atoms with Crippen LogP contribution in [0.3, 0.4) is 0 Å². The Morgan fingerprint density at radius 1 is 1.26 bits per heavy atom. The summed E-state index contributed by atoms with van der Waals surface area (Å²) in [6.07, 6.45) is 0.492. The first-order chi connectivity index (χ1) is 8.82. The minimum absolute atomic E-state index is 0.181. The predicted octanol–water partition coefficient (Wildman–Crippen LogP) is 4.25. The number of carbonyl (C=O) groups excluding carboxylic acids is 1. The van der Waals surface area contributed by atoms with Gasteiger partial charge in [0.1, 0.15) is 11.5 Å². The van der Waals surface area contributed by atoms with Gasteiger partial charge in [-0.15, -0.1) is 0 Å². The number of ketones is 1. The van der Waals surface area contributed by atoms with Crippen LogP contribution in [0.5, 0.6) is 5.75 Å². The second-order valence-electron chi connectivity index (χ2n) is 6.05. The summed E-state index contributed by atoms with van der Waals surface area (Å²) < 4.78 is 5.83. The SMILES string of the molecule is CC(=O)Cc1ccc(OCC(CBr)C(C)(C)C)cc1. The van der Waals surface area contributed by atoms with Crippen molar-refractivity contribution in [3.05, 3.63) is 29.8 Å². The Hall–Kier alpha value is -0.830. The first-order valence-electron chi connectivity index (χ1n) is 6.60. The summed E-state index contributed by atoms with van der Waals surface area (Å²) in [6.45, 7) is 8.96. The first-order valence-corrected chi connectivity index (χ1v) is 7.72. The van der Waals surface area contributed by atoms with Gasteiger partial charge in [-0.2, -0.15) is 0 Å². The topological polar surface area (TPSA) is 26.3 Å². The molecule has 0 N–H and O–H groups in total. The second kappa shape index (κ2) is 7.09. The Kier molecular flexibility index (Phi) is 6.05. The molecule has 1 unspecified atom stereocenters. The van der Waals surface area contributed by atoms with Crippen LogP contribution in [0.15, 0.2) is 24.3 Å². The molecule has 1 aromatic rings. The molecule has 106 valence electrons. The third-order valence-corrected chi connectivity index (χ3v) is 4.02. The molecular formula is C16H23BrO2. The Balaban J connectivity index is 2.56. The van der Waals surface area contributed by atoms with Gasteiger partial charge in [-0.05, 0) is 30.0 Å². The number of alkyl halides is 1. The van der Waals surface area contributed by atoms with Crippen LogP contribution < -0.4 is 4.74 Å². The van der Waals surface area contributed by atoms with E-state index in [2.05, 4.69) is 36.7 Å². The first kappa shape index (κ1) is 16.2. The van der Waals surface area contributed by atoms with Gasteiger partial charge in [0.25, 0.3) is 0 Å². The number of hydrogen-bond acceptors (Lipinski definition) is 2. The maximum Gasteiger partial charge on any atom is 0.134 e. The molecule has 0 bridgehead atoms. The molecule has 0 aliphatic heterocycles. The maximum absolute atomic E-state index is 11.0. The van der Waals surface area contributed by atoms with Gasteiger partial charge in [-0.25, -0.2) is 0 Å². The minimum Gasteiger partial charge on any atom is -0.493 e. The molecule has 0 aromatic heterocycles. The number of Topliss-reactive ketones (excluding diaryl/α,β-unsaturated/α-hetero) is 1. The molecular weight excluding hydrogens is 304 g/mol. The third-order valence-electron chi connectivity index (χ3n) is 3.24. The van der Waals surface area contributed by atoms with E-state index in [-0.39, 0.29) is 11.2 Å². The van der Waals surface area contributed by atoms with Gasteiger partial charge >= 0.3 is 0 Å². The molecule has 1 atom stereocenters. The normalized spacial score (nSPS) is 13.1. The smallest absolute Gasteiger partial charge is 0.134 e. The highest BCUT2D eigenvalue weighted by atomic mass is 79.9. The largest absolute Gasteiger partial charge is 0.493 e. The lowest BCUT2D eigenvalue weighted by Gasteiger charge is -2.29. The van der Waals surface area contributed by atoms with Gasteiger partial charge in [0.05, 0.1) is 6.61 Å². The molecule has 0 saturated carbocycles. The standard InChI is InChI=1S/C16H23BrO2/c1-12(18)9-13-5-7-15(8-6-13)19-11-14(10-17)16(2,3)4/h5-8,14H,9-11H2,1-4H3. The summed E-state index contributed by atoms with van der Waals surface area (Å²) >= 11 is 3.55. The molecule has 0 amide bonds. The van der Waals surface area contributed by atoms with E-state index >= 15 is 0 Å². The Labute approximate surface area is 124 Å². The lowest BCUT2D eigenvalue weighted by atomic mass is 9.83. The third kappa shape index (κ3) is 5.77. The van der Waals surface area contributed by atoms with Crippen molar-refractivity contribution in [3.63, 3.8) is 0 Å². The van der Waals surface area contributed by atoms with E-state index in [0.29, 0.717) is 18.9 Å². The van der Waals surface area contributed by atoms with Crippen LogP contribution in [0.1, 0.15) is 33.3 Å². The lowest BCUT2D eigenvalue weighted by molar-refractivity contribution is -0.116. The van der Waals surface area contributed by atoms with E-state index in [1.165, 1.54) is 0 Å². The van der Waals surface area contributed by atoms with E-state index in [4.69, 9.17) is 4.74 Å². The summed E-state index contributed by atoms with van der Waals surface area (Å²) in [6, 6.07) is 7.78. The summed E-state index contributed by atoms with van der Waals surface area (Å²) in [4.78, 5) is 11.0. The zero-order valence-corrected chi connectivity index (χ0v) is 13.8. The molecule has 1 rings (SSSR count). The fraction of sp³-hybridized carbons (Fsp3) is 0.562. The Morgan fingerprint density at radius 3 is 2.26 bits per heavy atom. The van der Waals surface area contributed by atoms with E-state index in [0.717, 1.165) is 16.6 Å². The van der Waals surface area contributed by atoms with Crippen molar-refractivity contribution >= 4 is 21.7 Å². The number of hydrogen-bond donors (Lipinski definition) is 0. The van der Waals surface area contributed by atoms with Gasteiger partial charge in [-0.1, -0.05) is 48.8 Å². The number of rotatable bonds is 6. The summed E-state index contributed by atoms with van der Waals surface area (Å²) in [5.74, 6) is 1.51. The Morgan fingerprint density at radius 2 is 1.84 bits per heavy atom. The van der Waals surface area contributed by atoms with Crippen molar-refractivity contribution in [1.29, 1.82) is 0 Å². The van der Waals surface area contributed by atoms with Crippen molar-refractivity contribution in [2.45, 2.75) is 34.1 Å². The molecule has 0 fully saturated rings. The minimum atomic E-state index is 0.181. The number of carbonyl (C=O) groups is 1. The molecule has 3 heteroatoms. The van der Waals surface area contributed by atoms with E-state index in [1.807, 2.05) is 24.3 Å². The average molecular weight is 327 g/mol. The number of benzene rings is 1. The van der Waals surface area contributed by atoms with Crippen molar-refractivity contribution in [3.8, 4) is 5.75 Å². The molecule has 19 heavy (non-hydrogen) atoms. The van der Waals surface area contributed by atoms with Crippen LogP contribution in [0.4, 0.5) is 0 Å². The molecule has 0 radical (unpaired) electrons. The van der Waals surface area contributed by atoms with Crippen molar-refractivity contribution in [1.82, 2.24) is 0 Å². The summed E-state index contributed by atoms with van der Waals surface area (Å²) in [5.41, 5.74) is 1.26. The quantitative estimate of drug-likeness (QED) is 0.730. The van der Waals surface area contributed by atoms with Crippen LogP contribution in [-0.4, -0.2) is 17.7 Å². The number of halogens is 1. The molecule has 0 saturated heterocycles. The fourth-order valence-corrected chi connectivity index (χ4v) is 2.87. The number of ether oxygens (including phenoxy) is 1. The highest BCUT2D eigenvalue weighted by Gasteiger charge is 2.24. The predicted molar refractivity (Wildman–Crippen MR) is 83.1 cm³/mol. The van der Waals surface area contributed by atoms with Gasteiger partial charge < -0.3 is 4.74 Å². The average Bonchev–Trinajstić information content (AvgIpc) is 2.29. The highest BCUT2D eigenvalue weighted by Crippen LogP contribution is 2.28. The van der Waals surface area contributed by atoms with E-state index < -0.39 is 0 Å². The van der Waals surface area contributed by atoms with Gasteiger partial charge in [-0.3, -0.25) is 4.79 Å². The highest BCUT2D eigenvalue weighted by molar-refractivity contribution is 9.09. The van der Waals surface area contributed by atoms with Crippen LogP contribution >= 0.6 is 15.9 Å². The van der Waals surface area contributed by atoms with Crippen LogP contribution in [0, 0.1) is 11.3 Å². The summed E-state index contributed by atoms with van der Waals surface area (Å²) in [5, 5.41) is 0.929. The fourth-order valence-electron chi connectivity index (χ4n) is 1.71. The van der Waals surface area contributed by atoms with Gasteiger partial charge in [0, 0.05) is 17.7 Å².